The summed E-state index contributed by atoms with van der Waals surface area (Å²) in [5, 5.41) is 21.1. The topological polar surface area (TPSA) is 69.6 Å². The Hall–Kier alpha value is -1.65. The van der Waals surface area contributed by atoms with Crippen LogP contribution in [0.25, 0.3) is 0 Å². The average molecular weight is 263 g/mol. The highest BCUT2D eigenvalue weighted by Crippen LogP contribution is 2.18. The van der Waals surface area contributed by atoms with Crippen LogP contribution in [0, 0.1) is 5.92 Å². The molecule has 0 aliphatic heterocycles. The second-order valence-electron chi connectivity index (χ2n) is 4.85. The van der Waals surface area contributed by atoms with Crippen molar-refractivity contribution < 1.29 is 15.0 Å². The van der Waals surface area contributed by atoms with Crippen molar-refractivity contribution >= 4 is 11.6 Å². The number of carbonyl (C=O) groups is 1. The van der Waals surface area contributed by atoms with Crippen molar-refractivity contribution in [1.82, 2.24) is 0 Å². The molecule has 1 rings (SSSR count). The highest BCUT2D eigenvalue weighted by molar-refractivity contribution is 5.92. The third kappa shape index (κ3) is 4.50. The van der Waals surface area contributed by atoms with Gasteiger partial charge in [0.2, 0.25) is 5.91 Å². The second kappa shape index (κ2) is 7.07. The minimum absolute atomic E-state index is 0.0800. The number of hydrogen-bond donors (Lipinski definition) is 3. The Bertz CT molecular complexity index is 468. The van der Waals surface area contributed by atoms with Gasteiger partial charge >= 0.3 is 0 Å². The highest BCUT2D eigenvalue weighted by Gasteiger charge is 2.13. The molecule has 0 aliphatic rings. The smallest absolute Gasteiger partial charge is 0.227 e. The molecule has 0 bridgehead atoms. The summed E-state index contributed by atoms with van der Waals surface area (Å²) >= 11 is 0. The number of hydrogen-bond acceptors (Lipinski definition) is 3. The minimum atomic E-state index is -0.166. The summed E-state index contributed by atoms with van der Waals surface area (Å²) in [6, 6.07) is 5.09. The molecule has 0 radical (unpaired) electrons. The number of aliphatic hydroxyl groups is 2. The van der Waals surface area contributed by atoms with Gasteiger partial charge in [-0.3, -0.25) is 4.79 Å². The quantitative estimate of drug-likeness (QED) is 0.689. The summed E-state index contributed by atoms with van der Waals surface area (Å²) in [6.45, 7) is 7.24. The van der Waals surface area contributed by atoms with E-state index in [0.717, 1.165) is 5.57 Å². The van der Waals surface area contributed by atoms with Gasteiger partial charge in [-0.15, -0.1) is 6.58 Å². The van der Waals surface area contributed by atoms with E-state index in [9.17, 15) is 9.90 Å². The summed E-state index contributed by atoms with van der Waals surface area (Å²) in [7, 11) is 0. The van der Waals surface area contributed by atoms with Gasteiger partial charge in [0.1, 0.15) is 0 Å². The lowest BCUT2D eigenvalue weighted by Gasteiger charge is -2.13. The molecule has 1 amide bonds. The molecule has 1 aromatic carbocycles. The number of nitrogens with one attached hydrogen (secondary N) is 1. The molecule has 1 atom stereocenters. The van der Waals surface area contributed by atoms with Crippen LogP contribution < -0.4 is 5.32 Å². The average Bonchev–Trinajstić information content (AvgIpc) is 2.37. The van der Waals surface area contributed by atoms with Crippen molar-refractivity contribution in [2.24, 2.45) is 5.92 Å². The standard InChI is InChI=1S/C15H21NO3/c1-10(2)6-11(3)15(19)16-14-5-4-12(8-17)13(7-14)9-18/h4-5,7,11,17-18H,1,6,8-9H2,2-3H3,(H,16,19)/t11-/m0/s1. The number of benzene rings is 1. The molecule has 0 fully saturated rings. The number of carbonyl (C=O) groups excluding carboxylic acids is 1. The van der Waals surface area contributed by atoms with Gasteiger partial charge < -0.3 is 15.5 Å². The van der Waals surface area contributed by atoms with Gasteiger partial charge in [-0.05, 0) is 36.6 Å². The van der Waals surface area contributed by atoms with Crippen molar-refractivity contribution in [3.05, 3.63) is 41.5 Å². The minimum Gasteiger partial charge on any atom is -0.392 e. The van der Waals surface area contributed by atoms with E-state index in [4.69, 9.17) is 5.11 Å². The zero-order valence-corrected chi connectivity index (χ0v) is 11.4. The molecule has 4 nitrogen and oxygen atoms in total. The number of rotatable bonds is 6. The van der Waals surface area contributed by atoms with E-state index >= 15 is 0 Å². The van der Waals surface area contributed by atoms with Crippen molar-refractivity contribution in [2.45, 2.75) is 33.5 Å². The fraction of sp³-hybridized carbons (Fsp3) is 0.400. The highest BCUT2D eigenvalue weighted by atomic mass is 16.3. The van der Waals surface area contributed by atoms with Gasteiger partial charge in [0.25, 0.3) is 0 Å². The summed E-state index contributed by atoms with van der Waals surface area (Å²) in [4.78, 5) is 11.9. The van der Waals surface area contributed by atoms with Gasteiger partial charge in [-0.25, -0.2) is 0 Å². The maximum Gasteiger partial charge on any atom is 0.227 e. The van der Waals surface area contributed by atoms with Gasteiger partial charge in [-0.1, -0.05) is 18.6 Å². The van der Waals surface area contributed by atoms with E-state index in [1.165, 1.54) is 0 Å². The fourth-order valence-electron chi connectivity index (χ4n) is 1.89. The Kier molecular flexibility index (Phi) is 5.73. The van der Waals surface area contributed by atoms with Crippen molar-refractivity contribution in [3.8, 4) is 0 Å². The molecule has 0 saturated carbocycles. The molecular weight excluding hydrogens is 242 g/mol. The number of anilines is 1. The predicted octanol–water partition coefficient (Wildman–Crippen LogP) is 2.21. The molecular formula is C15H21NO3. The molecule has 0 aromatic heterocycles. The van der Waals surface area contributed by atoms with Crippen LogP contribution in [0.4, 0.5) is 5.69 Å². The maximum atomic E-state index is 11.9. The lowest BCUT2D eigenvalue weighted by molar-refractivity contribution is -0.119. The molecule has 0 saturated heterocycles. The Morgan fingerprint density at radius 2 is 1.95 bits per heavy atom. The third-order valence-corrected chi connectivity index (χ3v) is 2.92. The van der Waals surface area contributed by atoms with E-state index in [1.807, 2.05) is 13.8 Å². The molecule has 19 heavy (non-hydrogen) atoms. The number of amides is 1. The van der Waals surface area contributed by atoms with Crippen molar-refractivity contribution in [3.63, 3.8) is 0 Å². The maximum absolute atomic E-state index is 11.9. The zero-order chi connectivity index (χ0) is 14.4. The molecule has 104 valence electrons. The first-order valence-electron chi connectivity index (χ1n) is 6.26. The zero-order valence-electron chi connectivity index (χ0n) is 11.4. The Morgan fingerprint density at radius 1 is 1.32 bits per heavy atom. The summed E-state index contributed by atoms with van der Waals surface area (Å²) in [6.07, 6.45) is 0.646. The number of allylic oxidation sites excluding steroid dienone is 1. The molecule has 3 N–H and O–H groups in total. The predicted molar refractivity (Wildman–Crippen MR) is 75.5 cm³/mol. The van der Waals surface area contributed by atoms with Crippen LogP contribution in [-0.4, -0.2) is 16.1 Å². The molecule has 0 heterocycles. The van der Waals surface area contributed by atoms with Crippen LogP contribution in [-0.2, 0) is 18.0 Å². The Morgan fingerprint density at radius 3 is 2.47 bits per heavy atom. The van der Waals surface area contributed by atoms with E-state index in [2.05, 4.69) is 11.9 Å². The lowest BCUT2D eigenvalue weighted by Crippen LogP contribution is -2.20. The summed E-state index contributed by atoms with van der Waals surface area (Å²) < 4.78 is 0. The van der Waals surface area contributed by atoms with Crippen LogP contribution in [0.3, 0.4) is 0 Å². The van der Waals surface area contributed by atoms with Crippen molar-refractivity contribution in [1.29, 1.82) is 0 Å². The van der Waals surface area contributed by atoms with E-state index in [0.29, 0.717) is 23.2 Å². The second-order valence-corrected chi connectivity index (χ2v) is 4.85. The molecule has 4 heteroatoms. The van der Waals surface area contributed by atoms with Gasteiger partial charge in [-0.2, -0.15) is 0 Å². The van der Waals surface area contributed by atoms with Crippen LogP contribution in [0.1, 0.15) is 31.4 Å². The Labute approximate surface area is 113 Å². The number of aliphatic hydroxyl groups excluding tert-OH is 2. The van der Waals surface area contributed by atoms with Crippen LogP contribution >= 0.6 is 0 Å². The summed E-state index contributed by atoms with van der Waals surface area (Å²) in [5.41, 5.74) is 2.87. The van der Waals surface area contributed by atoms with Gasteiger partial charge in [0.05, 0.1) is 13.2 Å². The van der Waals surface area contributed by atoms with E-state index in [-0.39, 0.29) is 25.0 Å². The van der Waals surface area contributed by atoms with Gasteiger partial charge in [0, 0.05) is 11.6 Å². The first-order valence-corrected chi connectivity index (χ1v) is 6.26. The summed E-state index contributed by atoms with van der Waals surface area (Å²) in [5.74, 6) is -0.226. The van der Waals surface area contributed by atoms with Crippen LogP contribution in [0.5, 0.6) is 0 Å². The first-order chi connectivity index (χ1) is 8.97. The van der Waals surface area contributed by atoms with Gasteiger partial charge in [0.15, 0.2) is 0 Å². The fourth-order valence-corrected chi connectivity index (χ4v) is 1.89. The first kappa shape index (κ1) is 15.4. The molecule has 1 aromatic rings. The lowest BCUT2D eigenvalue weighted by atomic mass is 10.0. The largest absolute Gasteiger partial charge is 0.392 e. The van der Waals surface area contributed by atoms with Crippen LogP contribution in [0.15, 0.2) is 30.4 Å². The molecule has 0 spiro atoms. The van der Waals surface area contributed by atoms with E-state index < -0.39 is 0 Å². The normalized spacial score (nSPS) is 12.0. The van der Waals surface area contributed by atoms with E-state index in [1.54, 1.807) is 18.2 Å². The van der Waals surface area contributed by atoms with Crippen molar-refractivity contribution in [2.75, 3.05) is 5.32 Å². The SMILES string of the molecule is C=C(C)C[C@H](C)C(=O)Nc1ccc(CO)c(CO)c1. The third-order valence-electron chi connectivity index (χ3n) is 2.92. The monoisotopic (exact) mass is 263 g/mol. The van der Waals surface area contributed by atoms with Crippen LogP contribution in [0.2, 0.25) is 0 Å². The Balaban J connectivity index is 2.77. The molecule has 0 aliphatic carbocycles. The molecule has 0 unspecified atom stereocenters.